The van der Waals surface area contributed by atoms with Crippen molar-refractivity contribution in [3.8, 4) is 0 Å². The van der Waals surface area contributed by atoms with Gasteiger partial charge in [0.2, 0.25) is 0 Å². The maximum Gasteiger partial charge on any atom is 0.339 e. The van der Waals surface area contributed by atoms with Gasteiger partial charge in [-0.1, -0.05) is 60.1 Å². The quantitative estimate of drug-likeness (QED) is 0.337. The molecule has 1 aromatic heterocycles. The lowest BCUT2D eigenvalue weighted by atomic mass is 9.83. The van der Waals surface area contributed by atoms with Gasteiger partial charge in [0.05, 0.1) is 11.1 Å². The van der Waals surface area contributed by atoms with E-state index < -0.39 is 5.60 Å². The molecule has 6 heteroatoms. The Kier molecular flexibility index (Phi) is 5.19. The number of ether oxygens (including phenoxy) is 1. The van der Waals surface area contributed by atoms with Crippen LogP contribution in [0, 0.1) is 6.92 Å². The molecular weight excluding hydrogens is 460 g/mol. The summed E-state index contributed by atoms with van der Waals surface area (Å²) in [6.07, 6.45) is 1.11. The normalized spacial score (nSPS) is 16.5. The first kappa shape index (κ1) is 21.9. The Bertz CT molecular complexity index is 1470. The summed E-state index contributed by atoms with van der Waals surface area (Å²) < 4.78 is 8.10. The number of amides is 1. The molecule has 1 spiro atoms. The van der Waals surface area contributed by atoms with Crippen LogP contribution in [0.2, 0.25) is 5.02 Å². The predicted molar refractivity (Wildman–Crippen MR) is 136 cm³/mol. The molecule has 1 amide bonds. The number of fused-ring (bicyclic) bond motifs is 3. The number of piperidine rings is 1. The third kappa shape index (κ3) is 3.53. The van der Waals surface area contributed by atoms with Crippen LogP contribution >= 0.6 is 11.6 Å². The standard InChI is InChI=1S/C29H25ClN2O3/c1-19-26(23-9-5-6-10-25(23)32(19)18-20-7-3-2-4-8-20)27(33)31-15-13-29(14-16-31)24-17-21(30)11-12-22(24)28(34)35-29/h2-12,17H,13-16,18H2,1H3. The van der Waals surface area contributed by atoms with Crippen LogP contribution in [-0.2, 0) is 16.9 Å². The molecule has 0 unspecified atom stereocenters. The van der Waals surface area contributed by atoms with Crippen LogP contribution in [0.5, 0.6) is 0 Å². The smallest absolute Gasteiger partial charge is 0.339 e. The molecule has 0 bridgehead atoms. The molecule has 0 aliphatic carbocycles. The summed E-state index contributed by atoms with van der Waals surface area (Å²) >= 11 is 6.23. The number of hydrogen-bond donors (Lipinski definition) is 0. The zero-order valence-electron chi connectivity index (χ0n) is 19.5. The van der Waals surface area contributed by atoms with Crippen molar-refractivity contribution in [2.45, 2.75) is 31.9 Å². The third-order valence-corrected chi connectivity index (χ3v) is 7.70. The highest BCUT2D eigenvalue weighted by Crippen LogP contribution is 2.45. The molecule has 0 saturated carbocycles. The molecule has 176 valence electrons. The average molecular weight is 485 g/mol. The monoisotopic (exact) mass is 484 g/mol. The number of likely N-dealkylation sites (tertiary alicyclic amines) is 1. The summed E-state index contributed by atoms with van der Waals surface area (Å²) in [7, 11) is 0. The Morgan fingerprint density at radius 1 is 1.00 bits per heavy atom. The lowest BCUT2D eigenvalue weighted by Crippen LogP contribution is -2.45. The molecule has 1 saturated heterocycles. The number of nitrogens with zero attached hydrogens (tertiary/aromatic N) is 2. The molecule has 4 aromatic rings. The van der Waals surface area contributed by atoms with Gasteiger partial charge in [-0.25, -0.2) is 4.79 Å². The largest absolute Gasteiger partial charge is 0.450 e. The molecule has 2 aliphatic rings. The maximum absolute atomic E-state index is 13.9. The topological polar surface area (TPSA) is 51.5 Å². The highest BCUT2D eigenvalue weighted by atomic mass is 35.5. The van der Waals surface area contributed by atoms with Gasteiger partial charge in [-0.05, 0) is 36.8 Å². The number of carbonyl (C=O) groups is 2. The van der Waals surface area contributed by atoms with E-state index in [9.17, 15) is 9.59 Å². The Morgan fingerprint density at radius 3 is 2.49 bits per heavy atom. The number of carbonyl (C=O) groups excluding carboxylic acids is 2. The van der Waals surface area contributed by atoms with Gasteiger partial charge in [0.1, 0.15) is 5.60 Å². The maximum atomic E-state index is 13.9. The zero-order chi connectivity index (χ0) is 24.2. The number of aromatic nitrogens is 1. The van der Waals surface area contributed by atoms with Crippen LogP contribution < -0.4 is 0 Å². The van der Waals surface area contributed by atoms with Gasteiger partial charge in [0.25, 0.3) is 5.91 Å². The van der Waals surface area contributed by atoms with E-state index in [1.807, 2.05) is 54.3 Å². The molecule has 6 rings (SSSR count). The van der Waals surface area contributed by atoms with E-state index in [4.69, 9.17) is 16.3 Å². The van der Waals surface area contributed by atoms with Crippen LogP contribution in [0.25, 0.3) is 10.9 Å². The van der Waals surface area contributed by atoms with Gasteiger partial charge >= 0.3 is 5.97 Å². The van der Waals surface area contributed by atoms with E-state index in [-0.39, 0.29) is 11.9 Å². The predicted octanol–water partition coefficient (Wildman–Crippen LogP) is 5.95. The molecule has 2 aliphatic heterocycles. The number of halogens is 1. The average Bonchev–Trinajstić information content (AvgIpc) is 3.30. The van der Waals surface area contributed by atoms with Gasteiger partial charge in [-0.2, -0.15) is 0 Å². The Morgan fingerprint density at radius 2 is 1.71 bits per heavy atom. The summed E-state index contributed by atoms with van der Waals surface area (Å²) in [6.45, 7) is 3.75. The summed E-state index contributed by atoms with van der Waals surface area (Å²) in [5.74, 6) is -0.285. The molecule has 1 fully saturated rings. The van der Waals surface area contributed by atoms with Crippen LogP contribution in [0.3, 0.4) is 0 Å². The number of para-hydroxylation sites is 1. The lowest BCUT2D eigenvalue weighted by Gasteiger charge is -2.38. The molecule has 0 atom stereocenters. The van der Waals surface area contributed by atoms with Crippen LogP contribution in [0.15, 0.2) is 72.8 Å². The van der Waals surface area contributed by atoms with Gasteiger partial charge in [0.15, 0.2) is 0 Å². The van der Waals surface area contributed by atoms with E-state index in [0.29, 0.717) is 43.1 Å². The summed E-state index contributed by atoms with van der Waals surface area (Å²) in [6, 6.07) is 23.7. The zero-order valence-corrected chi connectivity index (χ0v) is 20.2. The fourth-order valence-electron chi connectivity index (χ4n) is 5.63. The first-order chi connectivity index (χ1) is 17.0. The summed E-state index contributed by atoms with van der Waals surface area (Å²) in [5.41, 5.74) is 4.68. The number of hydrogen-bond acceptors (Lipinski definition) is 3. The summed E-state index contributed by atoms with van der Waals surface area (Å²) in [5, 5.41) is 1.55. The Hall–Kier alpha value is -3.57. The van der Waals surface area contributed by atoms with Crippen molar-refractivity contribution < 1.29 is 14.3 Å². The second-order valence-electron chi connectivity index (χ2n) is 9.42. The summed E-state index contributed by atoms with van der Waals surface area (Å²) in [4.78, 5) is 28.2. The molecule has 35 heavy (non-hydrogen) atoms. The Labute approximate surface area is 208 Å². The highest BCUT2D eigenvalue weighted by Gasteiger charge is 2.48. The van der Waals surface area contributed by atoms with Crippen LogP contribution in [-0.4, -0.2) is 34.4 Å². The Balaban J connectivity index is 1.30. The minimum absolute atomic E-state index is 0.0241. The first-order valence-electron chi connectivity index (χ1n) is 11.9. The van der Waals surface area contributed by atoms with Crippen molar-refractivity contribution in [2.75, 3.05) is 13.1 Å². The van der Waals surface area contributed by atoms with Gasteiger partial charge in [-0.3, -0.25) is 4.79 Å². The molecule has 3 aromatic carbocycles. The minimum Gasteiger partial charge on any atom is -0.450 e. The van der Waals surface area contributed by atoms with Crippen molar-refractivity contribution >= 4 is 34.4 Å². The van der Waals surface area contributed by atoms with E-state index in [1.165, 1.54) is 5.56 Å². The molecule has 5 nitrogen and oxygen atoms in total. The van der Waals surface area contributed by atoms with Gasteiger partial charge < -0.3 is 14.2 Å². The number of benzene rings is 3. The first-order valence-corrected chi connectivity index (χ1v) is 12.3. The van der Waals surface area contributed by atoms with Crippen molar-refractivity contribution in [3.05, 3.63) is 106 Å². The van der Waals surface area contributed by atoms with Crippen LogP contribution in [0.1, 0.15) is 50.4 Å². The van der Waals surface area contributed by atoms with Crippen molar-refractivity contribution in [2.24, 2.45) is 0 Å². The molecule has 0 radical (unpaired) electrons. The second kappa shape index (κ2) is 8.28. The minimum atomic E-state index is -0.704. The van der Waals surface area contributed by atoms with E-state index in [2.05, 4.69) is 22.8 Å². The van der Waals surface area contributed by atoms with Crippen molar-refractivity contribution in [3.63, 3.8) is 0 Å². The van der Waals surface area contributed by atoms with Crippen molar-refractivity contribution in [1.29, 1.82) is 0 Å². The van der Waals surface area contributed by atoms with Gasteiger partial charge in [-0.15, -0.1) is 0 Å². The fraction of sp³-hybridized carbons (Fsp3) is 0.241. The SMILES string of the molecule is Cc1c(C(=O)N2CCC3(CC2)OC(=O)c2ccc(Cl)cc23)c2ccccc2n1Cc1ccccc1. The molecular formula is C29H25ClN2O3. The van der Waals surface area contributed by atoms with Gasteiger partial charge in [0, 0.05) is 59.7 Å². The molecule has 3 heterocycles. The molecule has 0 N–H and O–H groups in total. The second-order valence-corrected chi connectivity index (χ2v) is 9.85. The van der Waals surface area contributed by atoms with E-state index in [0.717, 1.165) is 27.7 Å². The van der Waals surface area contributed by atoms with E-state index in [1.54, 1.807) is 12.1 Å². The van der Waals surface area contributed by atoms with Crippen molar-refractivity contribution in [1.82, 2.24) is 9.47 Å². The number of rotatable bonds is 3. The van der Waals surface area contributed by atoms with Crippen LogP contribution in [0.4, 0.5) is 0 Å². The fourth-order valence-corrected chi connectivity index (χ4v) is 5.80. The number of esters is 1. The lowest BCUT2D eigenvalue weighted by molar-refractivity contribution is -0.0389. The van der Waals surface area contributed by atoms with E-state index >= 15 is 0 Å². The highest BCUT2D eigenvalue weighted by molar-refractivity contribution is 6.30. The third-order valence-electron chi connectivity index (χ3n) is 7.47.